The third kappa shape index (κ3) is 37.7. The van der Waals surface area contributed by atoms with Crippen molar-refractivity contribution < 1.29 is 103 Å². The third-order valence-electron chi connectivity index (χ3n) is 19.5. The molecule has 117 heavy (non-hydrogen) atoms. The van der Waals surface area contributed by atoms with Gasteiger partial charge >= 0.3 is 23.9 Å². The Morgan fingerprint density at radius 3 is 1.28 bits per heavy atom. The molecule has 0 aromatic heterocycles. The number of nitrogens with one attached hydrogen (secondary N) is 9. The van der Waals surface area contributed by atoms with Crippen molar-refractivity contribution in [1.82, 2.24) is 72.4 Å². The van der Waals surface area contributed by atoms with Crippen LogP contribution in [-0.4, -0.2) is 315 Å². The van der Waals surface area contributed by atoms with Gasteiger partial charge in [0.2, 0.25) is 65.0 Å². The number of likely N-dealkylation sites (tertiary alicyclic amines) is 1. The minimum Gasteiger partial charge on any atom is -0.508 e. The van der Waals surface area contributed by atoms with Gasteiger partial charge in [0, 0.05) is 98.3 Å². The lowest BCUT2D eigenvalue weighted by atomic mass is 9.97. The van der Waals surface area contributed by atoms with Crippen LogP contribution in [0.3, 0.4) is 0 Å². The van der Waals surface area contributed by atoms with Crippen LogP contribution < -0.4 is 76.5 Å². The number of rotatable bonds is 48. The first kappa shape index (κ1) is 97.8. The number of aliphatic carboxylic acids is 4. The molecule has 42 nitrogen and oxygen atoms in total. The predicted octanol–water partition coefficient (Wildman–Crippen LogP) is -5.31. The highest BCUT2D eigenvalue weighted by Gasteiger charge is 2.42. The van der Waals surface area contributed by atoms with E-state index in [0.717, 1.165) is 4.90 Å². The van der Waals surface area contributed by atoms with Crippen LogP contribution in [0.25, 0.3) is 0 Å². The van der Waals surface area contributed by atoms with Crippen molar-refractivity contribution in [2.24, 2.45) is 50.5 Å². The number of nitrogens with zero attached hydrogens (tertiary/aromatic N) is 7. The minimum absolute atomic E-state index is 0.000785. The standard InChI is InChI=1S/C75H119N21O21/c1-6-45(4)64(84-46(5)97)71(114)90-56(39-59(76)100)72(115)96-27-11-15-58(96)70(113)87-51(12-7-8-24-81-60(101)40-92-28-30-93(41-61(102)103)32-34-95(43-63(106)107)35-33-94(31-29-92)42-62(104)105)65(108)89-55(37-47-16-20-49(98)21-17-47)69(112)86-52(13-9-25-82-74(77)78)66(109)88-54(36-44(2)3)68(111)85-53(14-10-26-83-75(79)80)67(110)91-57(73(116)117)38-48-18-22-50(99)23-19-48/h16-23,44-45,51-58,64,98-99H,6-15,24-43H2,1-5H3,(H2,76,100)(H,81,101)(H,84,97)(H,85,111)(H,86,112)(H,87,113)(H,88,109)(H,89,108)(H,90,114)(H,91,110)(H,102,103)(H,104,105)(H,106,107)(H,116,117)(H4,77,78,82)(H4,79,80,83)/t45-,51-,52-,53-,54-,55-,56-,57-,58-,64-/m0/s1. The van der Waals surface area contributed by atoms with Crippen molar-refractivity contribution in [3.8, 4) is 11.5 Å². The molecule has 0 bridgehead atoms. The summed E-state index contributed by atoms with van der Waals surface area (Å²) in [5, 5.41) is 83.3. The summed E-state index contributed by atoms with van der Waals surface area (Å²) in [6.45, 7) is 7.57. The number of phenols is 2. The second kappa shape index (κ2) is 50.7. The average molecular weight is 1650 g/mol. The molecule has 650 valence electrons. The topological polar surface area (TPSA) is 657 Å². The van der Waals surface area contributed by atoms with Crippen molar-refractivity contribution >= 4 is 101 Å². The largest absolute Gasteiger partial charge is 0.508 e. The molecule has 10 atom stereocenters. The Morgan fingerprint density at radius 2 is 0.863 bits per heavy atom. The second-order valence-electron chi connectivity index (χ2n) is 29.6. The summed E-state index contributed by atoms with van der Waals surface area (Å²) in [6, 6.07) is -2.30. The number of carbonyl (C=O) groups is 15. The summed E-state index contributed by atoms with van der Waals surface area (Å²) in [5.74, 6) is -15.9. The van der Waals surface area contributed by atoms with Gasteiger partial charge in [-0.3, -0.25) is 96.7 Å². The Balaban J connectivity index is 1.74. The van der Waals surface area contributed by atoms with E-state index in [-0.39, 0.29) is 198 Å². The number of amides is 11. The molecule has 11 amide bonds. The molecule has 25 N–H and O–H groups in total. The number of carboxylic acids is 4. The second-order valence-corrected chi connectivity index (χ2v) is 29.6. The molecule has 2 fully saturated rings. The Kier molecular flexibility index (Phi) is 42.4. The van der Waals surface area contributed by atoms with E-state index in [1.165, 1.54) is 55.5 Å². The number of primary amides is 1. The van der Waals surface area contributed by atoms with Gasteiger partial charge in [-0.2, -0.15) is 0 Å². The number of carboxylic acid groups (broad SMARTS) is 4. The zero-order chi connectivity index (χ0) is 87.0. The van der Waals surface area contributed by atoms with Crippen molar-refractivity contribution in [1.29, 1.82) is 0 Å². The maximum absolute atomic E-state index is 15.3. The van der Waals surface area contributed by atoms with E-state index >= 15 is 9.59 Å². The number of benzene rings is 2. The fraction of sp³-hybridized carbons (Fsp3) is 0.613. The van der Waals surface area contributed by atoms with Crippen LogP contribution in [0.1, 0.15) is 123 Å². The molecule has 2 aromatic carbocycles. The number of guanidine groups is 2. The van der Waals surface area contributed by atoms with Crippen molar-refractivity contribution in [3.05, 3.63) is 59.7 Å². The number of nitrogens with two attached hydrogens (primary N) is 5. The molecule has 0 saturated carbocycles. The van der Waals surface area contributed by atoms with Gasteiger partial charge in [-0.1, -0.05) is 58.4 Å². The fourth-order valence-corrected chi connectivity index (χ4v) is 13.1. The molecule has 2 aliphatic heterocycles. The lowest BCUT2D eigenvalue weighted by molar-refractivity contribution is -0.143. The summed E-state index contributed by atoms with van der Waals surface area (Å²) in [6.07, 6.45) is -1.11. The first-order chi connectivity index (χ1) is 55.3. The first-order valence-electron chi connectivity index (χ1n) is 39.0. The van der Waals surface area contributed by atoms with E-state index in [0.29, 0.717) is 17.5 Å². The van der Waals surface area contributed by atoms with E-state index in [4.69, 9.17) is 28.7 Å². The van der Waals surface area contributed by atoms with Gasteiger partial charge < -0.3 is 112 Å². The molecule has 2 aliphatic rings. The van der Waals surface area contributed by atoms with Gasteiger partial charge in [-0.05, 0) is 111 Å². The lowest BCUT2D eigenvalue weighted by Crippen LogP contribution is -2.61. The highest BCUT2D eigenvalue weighted by Crippen LogP contribution is 2.22. The van der Waals surface area contributed by atoms with Gasteiger partial charge in [-0.15, -0.1) is 0 Å². The summed E-state index contributed by atoms with van der Waals surface area (Å²) in [4.78, 5) is 220. The van der Waals surface area contributed by atoms with Crippen LogP contribution in [0.4, 0.5) is 0 Å². The highest BCUT2D eigenvalue weighted by atomic mass is 16.4. The molecule has 2 aromatic rings. The van der Waals surface area contributed by atoms with Crippen LogP contribution in [0, 0.1) is 11.8 Å². The van der Waals surface area contributed by atoms with Crippen LogP contribution in [0.5, 0.6) is 11.5 Å². The van der Waals surface area contributed by atoms with Gasteiger partial charge in [0.05, 0.1) is 32.6 Å². The molecule has 4 rings (SSSR count). The summed E-state index contributed by atoms with van der Waals surface area (Å²) in [7, 11) is 0. The zero-order valence-corrected chi connectivity index (χ0v) is 67.0. The first-order valence-corrected chi connectivity index (χ1v) is 39.0. The molecule has 2 heterocycles. The number of hydrogen-bond acceptors (Lipinski definition) is 23. The molecule has 2 saturated heterocycles. The third-order valence-corrected chi connectivity index (χ3v) is 19.5. The number of carbonyl (C=O) groups excluding carboxylic acids is 11. The Morgan fingerprint density at radius 1 is 0.470 bits per heavy atom. The number of hydrogen-bond donors (Lipinski definition) is 20. The van der Waals surface area contributed by atoms with Crippen molar-refractivity contribution in [3.63, 3.8) is 0 Å². The Bertz CT molecular complexity index is 3700. The highest BCUT2D eigenvalue weighted by molar-refractivity contribution is 5.99. The van der Waals surface area contributed by atoms with E-state index in [9.17, 15) is 93.0 Å². The van der Waals surface area contributed by atoms with Gasteiger partial charge in [0.25, 0.3) is 0 Å². The van der Waals surface area contributed by atoms with Crippen molar-refractivity contribution in [2.45, 2.75) is 179 Å². The minimum atomic E-state index is -1.66. The molecule has 0 aliphatic carbocycles. The van der Waals surface area contributed by atoms with Gasteiger partial charge in [0.15, 0.2) is 11.9 Å². The predicted molar refractivity (Wildman–Crippen MR) is 425 cm³/mol. The lowest BCUT2D eigenvalue weighted by Gasteiger charge is -2.32. The van der Waals surface area contributed by atoms with Crippen LogP contribution in [0.15, 0.2) is 58.5 Å². The smallest absolute Gasteiger partial charge is 0.326 e. The molecule has 0 spiro atoms. The molecule has 0 radical (unpaired) electrons. The van der Waals surface area contributed by atoms with E-state index in [2.05, 4.69) is 57.8 Å². The number of phenolic OH excluding ortho intramolecular Hbond substituents is 2. The number of aromatic hydroxyl groups is 2. The van der Waals surface area contributed by atoms with Crippen LogP contribution >= 0.6 is 0 Å². The van der Waals surface area contributed by atoms with Crippen LogP contribution in [-0.2, 0) is 84.8 Å². The zero-order valence-electron chi connectivity index (χ0n) is 67.0. The maximum atomic E-state index is 15.3. The number of aliphatic imine (C=N–C) groups is 2. The molecule has 42 heteroatoms. The molecular formula is C75H119N21O21. The average Bonchev–Trinajstić information content (AvgIpc) is 1.74. The summed E-state index contributed by atoms with van der Waals surface area (Å²) >= 11 is 0. The SMILES string of the molecule is CC[C@H](C)[C@H](NC(C)=O)C(=O)N[C@@H](CC(N)=O)C(=O)N1CCC[C@H]1C(=O)N[C@@H](CCCCNC(=O)CN1CCN(CC(=O)O)CCN(CC(=O)O)CCN(CC(=O)O)CC1)C(=O)N[C@@H](Cc1ccc(O)cc1)C(=O)N[C@@H](CCCN=C(N)N)C(=O)N[C@@H](CC(C)C)C(=O)N[C@@H](CCCN=C(N)N)C(=O)N[C@@H](Cc1ccc(O)cc1)C(=O)O. The van der Waals surface area contributed by atoms with Crippen LogP contribution in [0.2, 0.25) is 0 Å². The van der Waals surface area contributed by atoms with Crippen molar-refractivity contribution in [2.75, 3.05) is 105 Å². The van der Waals surface area contributed by atoms with E-state index in [1.54, 1.807) is 47.3 Å². The molecule has 0 unspecified atom stereocenters. The fourth-order valence-electron chi connectivity index (χ4n) is 13.1. The van der Waals surface area contributed by atoms with Gasteiger partial charge in [-0.25, -0.2) is 4.79 Å². The monoisotopic (exact) mass is 1650 g/mol. The Hall–Kier alpha value is -11.5. The van der Waals surface area contributed by atoms with E-state index in [1.807, 2.05) is 0 Å². The Labute approximate surface area is 678 Å². The number of unbranched alkanes of at least 4 members (excludes halogenated alkanes) is 1. The quantitative estimate of drug-likeness (QED) is 0.0167. The summed E-state index contributed by atoms with van der Waals surface area (Å²) < 4.78 is 0. The van der Waals surface area contributed by atoms with Gasteiger partial charge in [0.1, 0.15) is 65.9 Å². The maximum Gasteiger partial charge on any atom is 0.326 e. The van der Waals surface area contributed by atoms with E-state index < -0.39 is 169 Å². The summed E-state index contributed by atoms with van der Waals surface area (Å²) in [5.41, 5.74) is 28.8. The molecular weight excluding hydrogens is 1530 g/mol. The normalized spacial score (nSPS) is 16.8.